The summed E-state index contributed by atoms with van der Waals surface area (Å²) in [5, 5.41) is 23.7. The van der Waals surface area contributed by atoms with Crippen LogP contribution in [0.25, 0.3) is 0 Å². The van der Waals surface area contributed by atoms with Crippen LogP contribution in [0.5, 0.6) is 11.5 Å². The van der Waals surface area contributed by atoms with Gasteiger partial charge in [-0.05, 0) is 73.5 Å². The number of benzene rings is 3. The molecule has 0 heterocycles. The van der Waals surface area contributed by atoms with E-state index in [4.69, 9.17) is 4.74 Å². The van der Waals surface area contributed by atoms with Crippen LogP contribution in [-0.4, -0.2) is 31.1 Å². The van der Waals surface area contributed by atoms with Crippen molar-refractivity contribution in [3.63, 3.8) is 0 Å². The summed E-state index contributed by atoms with van der Waals surface area (Å²) < 4.78 is 45.8. The lowest BCUT2D eigenvalue weighted by Crippen LogP contribution is -2.26. The van der Waals surface area contributed by atoms with Crippen molar-refractivity contribution in [3.8, 4) is 11.5 Å². The molecule has 216 valence electrons. The fourth-order valence-electron chi connectivity index (χ4n) is 4.35. The highest BCUT2D eigenvalue weighted by atomic mass is 32.2. The molecule has 0 radical (unpaired) electrons. The van der Waals surface area contributed by atoms with Gasteiger partial charge in [-0.1, -0.05) is 51.9 Å². The highest BCUT2D eigenvalue weighted by molar-refractivity contribution is 7.91. The molecule has 3 aromatic carbocycles. The third kappa shape index (κ3) is 9.22. The number of nitro benzene ring substituents is 1. The van der Waals surface area contributed by atoms with Crippen LogP contribution in [0.1, 0.15) is 64.7 Å². The monoisotopic (exact) mass is 572 g/mol. The molecule has 2 N–H and O–H groups in total. The lowest BCUT2D eigenvalue weighted by atomic mass is 10.1. The first-order chi connectivity index (χ1) is 19.2. The van der Waals surface area contributed by atoms with E-state index in [2.05, 4.69) is 12.2 Å². The summed E-state index contributed by atoms with van der Waals surface area (Å²) in [6, 6.07) is 15.1. The van der Waals surface area contributed by atoms with Gasteiger partial charge < -0.3 is 15.2 Å². The molecule has 0 aliphatic heterocycles. The number of halogens is 1. The first-order valence-corrected chi connectivity index (χ1v) is 15.2. The Morgan fingerprint density at radius 2 is 1.48 bits per heavy atom. The van der Waals surface area contributed by atoms with Gasteiger partial charge in [-0.3, -0.25) is 10.1 Å². The fraction of sp³-hybridized carbons (Fsp3) is 0.400. The zero-order valence-corrected chi connectivity index (χ0v) is 23.5. The summed E-state index contributed by atoms with van der Waals surface area (Å²) in [7, 11) is -3.76. The van der Waals surface area contributed by atoms with Crippen molar-refractivity contribution in [2.24, 2.45) is 0 Å². The maximum atomic E-state index is 13.7. The number of hydrogen-bond acceptors (Lipinski definition) is 7. The lowest BCUT2D eigenvalue weighted by Gasteiger charge is -2.21. The molecule has 1 atom stereocenters. The van der Waals surface area contributed by atoms with Crippen molar-refractivity contribution < 1.29 is 27.6 Å². The van der Waals surface area contributed by atoms with E-state index in [0.717, 1.165) is 37.8 Å². The number of sulfone groups is 1. The topological polar surface area (TPSA) is 119 Å². The van der Waals surface area contributed by atoms with Crippen LogP contribution in [0.2, 0.25) is 0 Å². The second-order valence-corrected chi connectivity index (χ2v) is 11.7. The Morgan fingerprint density at radius 1 is 0.900 bits per heavy atom. The lowest BCUT2D eigenvalue weighted by molar-refractivity contribution is -0.387. The van der Waals surface area contributed by atoms with E-state index in [1.165, 1.54) is 74.6 Å². The molecule has 8 nitrogen and oxygen atoms in total. The van der Waals surface area contributed by atoms with Gasteiger partial charge in [-0.25, -0.2) is 8.42 Å². The molecule has 0 saturated heterocycles. The van der Waals surface area contributed by atoms with Gasteiger partial charge in [-0.2, -0.15) is 4.39 Å². The molecule has 40 heavy (non-hydrogen) atoms. The molecule has 0 fully saturated rings. The van der Waals surface area contributed by atoms with Gasteiger partial charge in [0.2, 0.25) is 15.7 Å². The number of nitro groups is 1. The van der Waals surface area contributed by atoms with E-state index in [1.807, 2.05) is 0 Å². The molecule has 0 amide bonds. The average molecular weight is 573 g/mol. The molecule has 3 aromatic rings. The number of phenolic OH excluding ortho intramolecular Hbond substituents is 1. The molecule has 3 rings (SSSR count). The van der Waals surface area contributed by atoms with E-state index in [9.17, 15) is 28.0 Å². The second-order valence-electron chi connectivity index (χ2n) is 9.78. The van der Waals surface area contributed by atoms with Gasteiger partial charge in [0.1, 0.15) is 17.6 Å². The average Bonchev–Trinajstić information content (AvgIpc) is 2.94. The number of aromatic hydroxyl groups is 1. The van der Waals surface area contributed by atoms with Crippen molar-refractivity contribution >= 4 is 21.2 Å². The Labute approximate surface area is 235 Å². The molecule has 0 spiro atoms. The minimum atomic E-state index is -3.76. The summed E-state index contributed by atoms with van der Waals surface area (Å²) >= 11 is 0. The maximum absolute atomic E-state index is 13.7. The third-order valence-electron chi connectivity index (χ3n) is 6.64. The van der Waals surface area contributed by atoms with Crippen molar-refractivity contribution in [1.82, 2.24) is 0 Å². The Balaban J connectivity index is 1.65. The minimum Gasteiger partial charge on any atom is -0.508 e. The molecule has 0 aromatic heterocycles. The van der Waals surface area contributed by atoms with E-state index in [-0.39, 0.29) is 21.6 Å². The Hall–Kier alpha value is -3.66. The van der Waals surface area contributed by atoms with Crippen molar-refractivity contribution in [3.05, 3.63) is 82.7 Å². The van der Waals surface area contributed by atoms with Crippen LogP contribution >= 0.6 is 0 Å². The van der Waals surface area contributed by atoms with Crippen LogP contribution in [0, 0.1) is 15.9 Å². The van der Waals surface area contributed by atoms with Crippen LogP contribution in [0.3, 0.4) is 0 Å². The van der Waals surface area contributed by atoms with Gasteiger partial charge in [0, 0.05) is 11.8 Å². The zero-order chi connectivity index (χ0) is 29.0. The highest BCUT2D eigenvalue weighted by Crippen LogP contribution is 2.26. The maximum Gasteiger partial charge on any atom is 0.306 e. The Kier molecular flexibility index (Phi) is 11.7. The SMILES string of the molecule is CCCCCCCCCCC(CNc1ccc(F)c([N+](=O)[O-])c1)Oc1ccc(S(=O)(=O)c2ccc(O)cc2)cc1. The quantitative estimate of drug-likeness (QED) is 0.0968. The van der Waals surface area contributed by atoms with Gasteiger partial charge in [0.15, 0.2) is 0 Å². The highest BCUT2D eigenvalue weighted by Gasteiger charge is 2.19. The van der Waals surface area contributed by atoms with Crippen molar-refractivity contribution in [2.75, 3.05) is 11.9 Å². The summed E-state index contributed by atoms with van der Waals surface area (Å²) in [6.07, 6.45) is 9.70. The summed E-state index contributed by atoms with van der Waals surface area (Å²) in [5.74, 6) is -0.431. The first-order valence-electron chi connectivity index (χ1n) is 13.7. The molecular weight excluding hydrogens is 535 g/mol. The number of phenols is 1. The van der Waals surface area contributed by atoms with Gasteiger partial charge >= 0.3 is 5.69 Å². The molecule has 0 aliphatic carbocycles. The third-order valence-corrected chi connectivity index (χ3v) is 8.43. The van der Waals surface area contributed by atoms with Crippen molar-refractivity contribution in [1.29, 1.82) is 0 Å². The standard InChI is InChI=1S/C30H37FN2O6S/c1-2-3-4-5-6-7-8-9-10-26(22-32-23-11-20-29(31)30(21-23)33(35)36)39-25-14-18-28(19-15-25)40(37,38)27-16-12-24(34)13-17-27/h11-21,26,32,34H,2-10,22H2,1H3. The zero-order valence-electron chi connectivity index (χ0n) is 22.7. The Morgan fingerprint density at radius 3 is 2.08 bits per heavy atom. The predicted molar refractivity (Wildman–Crippen MR) is 153 cm³/mol. The van der Waals surface area contributed by atoms with Gasteiger partial charge in [0.05, 0.1) is 21.3 Å². The molecule has 10 heteroatoms. The van der Waals surface area contributed by atoms with Crippen LogP contribution in [-0.2, 0) is 9.84 Å². The number of unbranched alkanes of at least 4 members (excludes halogenated alkanes) is 7. The van der Waals surface area contributed by atoms with E-state index in [0.29, 0.717) is 18.0 Å². The second kappa shape index (κ2) is 15.2. The van der Waals surface area contributed by atoms with E-state index in [1.54, 1.807) is 12.1 Å². The molecular formula is C30H37FN2O6S. The van der Waals surface area contributed by atoms with Crippen molar-refractivity contribution in [2.45, 2.75) is 80.6 Å². The van der Waals surface area contributed by atoms with Crippen LogP contribution < -0.4 is 10.1 Å². The number of nitrogens with one attached hydrogen (secondary N) is 1. The van der Waals surface area contributed by atoms with Gasteiger partial charge in [0.25, 0.3) is 0 Å². The van der Waals surface area contributed by atoms with Crippen LogP contribution in [0.4, 0.5) is 15.8 Å². The minimum absolute atomic E-state index is 0.0194. The van der Waals surface area contributed by atoms with E-state index >= 15 is 0 Å². The fourth-order valence-corrected chi connectivity index (χ4v) is 5.61. The molecule has 0 saturated carbocycles. The number of rotatable bonds is 17. The summed E-state index contributed by atoms with van der Waals surface area (Å²) in [5.41, 5.74) is -0.191. The molecule has 0 bridgehead atoms. The number of anilines is 1. The smallest absolute Gasteiger partial charge is 0.306 e. The largest absolute Gasteiger partial charge is 0.508 e. The number of nitrogens with zero attached hydrogens (tertiary/aromatic N) is 1. The predicted octanol–water partition coefficient (Wildman–Crippen LogP) is 7.66. The normalized spacial score (nSPS) is 12.2. The summed E-state index contributed by atoms with van der Waals surface area (Å²) in [4.78, 5) is 10.5. The molecule has 1 unspecified atom stereocenters. The van der Waals surface area contributed by atoms with Gasteiger partial charge in [-0.15, -0.1) is 0 Å². The number of hydrogen-bond donors (Lipinski definition) is 2. The Bertz CT molecular complexity index is 1330. The first kappa shape index (κ1) is 30.9. The molecule has 0 aliphatic rings. The number of ether oxygens (including phenoxy) is 1. The van der Waals surface area contributed by atoms with E-state index < -0.39 is 26.3 Å². The van der Waals surface area contributed by atoms with Crippen LogP contribution in [0.15, 0.2) is 76.5 Å². The summed E-state index contributed by atoms with van der Waals surface area (Å²) in [6.45, 7) is 2.52.